The molecule has 1 aliphatic carbocycles. The monoisotopic (exact) mass is 328 g/mol. The molecule has 1 amide bonds. The molecule has 24 heavy (non-hydrogen) atoms. The fourth-order valence-corrected chi connectivity index (χ4v) is 2.23. The van der Waals surface area contributed by atoms with Crippen LogP contribution in [0.2, 0.25) is 0 Å². The van der Waals surface area contributed by atoms with Gasteiger partial charge in [0.2, 0.25) is 0 Å². The molecule has 0 saturated heterocycles. The Morgan fingerprint density at radius 1 is 1.29 bits per heavy atom. The second kappa shape index (κ2) is 7.29. The number of nitrogens with zero attached hydrogens (tertiary/aromatic N) is 1. The molecule has 2 aromatic rings. The van der Waals surface area contributed by atoms with E-state index in [0.717, 1.165) is 31.4 Å². The Labute approximate surface area is 140 Å². The topological polar surface area (TPSA) is 81.4 Å². The Morgan fingerprint density at radius 3 is 2.71 bits per heavy atom. The standard InChI is InChI=1S/C18H20N2O4/c1-2-3-10-23-18(22)13-6-8-14(9-7-13)19-17(21)15-11-16(24-20-15)12-4-5-12/h6-9,11-12H,2-5,10H2,1H3,(H,19,21). The third-order valence-corrected chi connectivity index (χ3v) is 3.85. The van der Waals surface area contributed by atoms with Crippen LogP contribution in [-0.2, 0) is 4.74 Å². The van der Waals surface area contributed by atoms with E-state index in [1.807, 2.05) is 6.92 Å². The van der Waals surface area contributed by atoms with Gasteiger partial charge in [0.1, 0.15) is 5.76 Å². The molecule has 126 valence electrons. The molecule has 6 heteroatoms. The average Bonchev–Trinajstić information content (AvgIpc) is 3.32. The number of hydrogen-bond acceptors (Lipinski definition) is 5. The molecular formula is C18H20N2O4. The van der Waals surface area contributed by atoms with Crippen molar-refractivity contribution >= 4 is 17.6 Å². The van der Waals surface area contributed by atoms with Gasteiger partial charge >= 0.3 is 5.97 Å². The van der Waals surface area contributed by atoms with E-state index in [1.54, 1.807) is 30.3 Å². The van der Waals surface area contributed by atoms with E-state index in [0.29, 0.717) is 23.8 Å². The van der Waals surface area contributed by atoms with E-state index in [2.05, 4.69) is 10.5 Å². The molecule has 1 heterocycles. The summed E-state index contributed by atoms with van der Waals surface area (Å²) in [5.41, 5.74) is 1.31. The Hall–Kier alpha value is -2.63. The molecule has 1 aromatic carbocycles. The minimum absolute atomic E-state index is 0.264. The summed E-state index contributed by atoms with van der Waals surface area (Å²) in [4.78, 5) is 24.0. The lowest BCUT2D eigenvalue weighted by Gasteiger charge is -2.06. The highest BCUT2D eigenvalue weighted by Gasteiger charge is 2.28. The quantitative estimate of drug-likeness (QED) is 0.618. The summed E-state index contributed by atoms with van der Waals surface area (Å²) in [7, 11) is 0. The van der Waals surface area contributed by atoms with Crippen molar-refractivity contribution in [1.82, 2.24) is 5.16 Å². The molecule has 6 nitrogen and oxygen atoms in total. The number of unbranched alkanes of at least 4 members (excludes halogenated alkanes) is 1. The van der Waals surface area contributed by atoms with Crippen LogP contribution in [0.5, 0.6) is 0 Å². The summed E-state index contributed by atoms with van der Waals surface area (Å²) in [6.07, 6.45) is 4.00. The number of esters is 1. The van der Waals surface area contributed by atoms with Gasteiger partial charge in [-0.1, -0.05) is 18.5 Å². The first-order valence-corrected chi connectivity index (χ1v) is 8.22. The van der Waals surface area contributed by atoms with Gasteiger partial charge in [-0.25, -0.2) is 4.79 Å². The molecule has 0 spiro atoms. The maximum absolute atomic E-state index is 12.1. The number of anilines is 1. The molecule has 1 aromatic heterocycles. The first kappa shape index (κ1) is 16.2. The minimum atomic E-state index is -0.355. The summed E-state index contributed by atoms with van der Waals surface area (Å²) in [5.74, 6) is 0.498. The van der Waals surface area contributed by atoms with Gasteiger partial charge < -0.3 is 14.6 Å². The number of amides is 1. The zero-order valence-electron chi connectivity index (χ0n) is 13.6. The zero-order chi connectivity index (χ0) is 16.9. The second-order valence-electron chi connectivity index (χ2n) is 5.91. The Balaban J connectivity index is 1.56. The van der Waals surface area contributed by atoms with Crippen molar-refractivity contribution in [2.45, 2.75) is 38.5 Å². The van der Waals surface area contributed by atoms with Gasteiger partial charge in [0.15, 0.2) is 5.69 Å². The van der Waals surface area contributed by atoms with Crippen molar-refractivity contribution in [1.29, 1.82) is 0 Å². The third-order valence-electron chi connectivity index (χ3n) is 3.85. The molecular weight excluding hydrogens is 308 g/mol. The van der Waals surface area contributed by atoms with E-state index in [4.69, 9.17) is 9.26 Å². The van der Waals surface area contributed by atoms with Crippen LogP contribution in [0.15, 0.2) is 34.9 Å². The molecule has 0 bridgehead atoms. The van der Waals surface area contributed by atoms with Crippen LogP contribution in [0.3, 0.4) is 0 Å². The Bertz CT molecular complexity index is 717. The van der Waals surface area contributed by atoms with Gasteiger partial charge in [-0.3, -0.25) is 4.79 Å². The number of ether oxygens (including phenoxy) is 1. The lowest BCUT2D eigenvalue weighted by molar-refractivity contribution is 0.0499. The number of carbonyl (C=O) groups is 2. The molecule has 1 fully saturated rings. The van der Waals surface area contributed by atoms with Crippen LogP contribution in [0.4, 0.5) is 5.69 Å². The van der Waals surface area contributed by atoms with Crippen molar-refractivity contribution in [3.05, 3.63) is 47.3 Å². The van der Waals surface area contributed by atoms with E-state index in [9.17, 15) is 9.59 Å². The van der Waals surface area contributed by atoms with Gasteiger partial charge in [0, 0.05) is 17.7 Å². The molecule has 0 unspecified atom stereocenters. The fourth-order valence-electron chi connectivity index (χ4n) is 2.23. The molecule has 1 saturated carbocycles. The van der Waals surface area contributed by atoms with Gasteiger partial charge in [-0.15, -0.1) is 0 Å². The highest BCUT2D eigenvalue weighted by Crippen LogP contribution is 2.40. The summed E-state index contributed by atoms with van der Waals surface area (Å²) in [6.45, 7) is 2.46. The van der Waals surface area contributed by atoms with Crippen LogP contribution in [-0.4, -0.2) is 23.6 Å². The third kappa shape index (κ3) is 4.01. The molecule has 0 aliphatic heterocycles. The smallest absolute Gasteiger partial charge is 0.338 e. The number of benzene rings is 1. The SMILES string of the molecule is CCCCOC(=O)c1ccc(NC(=O)c2cc(C3CC3)on2)cc1. The number of hydrogen-bond donors (Lipinski definition) is 1. The summed E-state index contributed by atoms with van der Waals surface area (Å²) < 4.78 is 10.3. The summed E-state index contributed by atoms with van der Waals surface area (Å²) in [6, 6.07) is 8.27. The summed E-state index contributed by atoms with van der Waals surface area (Å²) in [5, 5.41) is 6.54. The van der Waals surface area contributed by atoms with Crippen molar-refractivity contribution in [3.63, 3.8) is 0 Å². The van der Waals surface area contributed by atoms with Crippen LogP contribution in [0, 0.1) is 0 Å². The number of nitrogens with one attached hydrogen (secondary N) is 1. The van der Waals surface area contributed by atoms with E-state index in [-0.39, 0.29) is 17.6 Å². The maximum atomic E-state index is 12.1. The van der Waals surface area contributed by atoms with Crippen LogP contribution in [0.25, 0.3) is 0 Å². The first-order valence-electron chi connectivity index (χ1n) is 8.22. The Morgan fingerprint density at radius 2 is 2.04 bits per heavy atom. The molecule has 1 N–H and O–H groups in total. The fraction of sp³-hybridized carbons (Fsp3) is 0.389. The largest absolute Gasteiger partial charge is 0.462 e. The predicted molar refractivity (Wildman–Crippen MR) is 88.1 cm³/mol. The van der Waals surface area contributed by atoms with Gasteiger partial charge in [0.05, 0.1) is 12.2 Å². The molecule has 1 aliphatic rings. The van der Waals surface area contributed by atoms with Gasteiger partial charge in [-0.2, -0.15) is 0 Å². The van der Waals surface area contributed by atoms with Gasteiger partial charge in [0.25, 0.3) is 5.91 Å². The molecule has 3 rings (SSSR count). The highest BCUT2D eigenvalue weighted by atomic mass is 16.5. The normalized spacial score (nSPS) is 13.5. The van der Waals surface area contributed by atoms with Crippen molar-refractivity contribution in [2.75, 3.05) is 11.9 Å². The average molecular weight is 328 g/mol. The van der Waals surface area contributed by atoms with Crippen molar-refractivity contribution in [2.24, 2.45) is 0 Å². The van der Waals surface area contributed by atoms with E-state index < -0.39 is 0 Å². The lowest BCUT2D eigenvalue weighted by Crippen LogP contribution is -2.12. The first-order chi connectivity index (χ1) is 11.7. The van der Waals surface area contributed by atoms with Crippen molar-refractivity contribution < 1.29 is 18.8 Å². The van der Waals surface area contributed by atoms with Crippen LogP contribution < -0.4 is 5.32 Å². The second-order valence-corrected chi connectivity index (χ2v) is 5.91. The van der Waals surface area contributed by atoms with Crippen LogP contribution in [0.1, 0.15) is 65.1 Å². The number of carbonyl (C=O) groups excluding carboxylic acids is 2. The minimum Gasteiger partial charge on any atom is -0.462 e. The molecule has 0 radical (unpaired) electrons. The number of rotatable bonds is 7. The van der Waals surface area contributed by atoms with Crippen LogP contribution >= 0.6 is 0 Å². The summed E-state index contributed by atoms with van der Waals surface area (Å²) >= 11 is 0. The maximum Gasteiger partial charge on any atom is 0.338 e. The van der Waals surface area contributed by atoms with Gasteiger partial charge in [-0.05, 0) is 43.5 Å². The molecule has 0 atom stereocenters. The highest BCUT2D eigenvalue weighted by molar-refractivity contribution is 6.03. The van der Waals surface area contributed by atoms with E-state index >= 15 is 0 Å². The predicted octanol–water partition coefficient (Wildman–Crippen LogP) is 3.76. The lowest BCUT2D eigenvalue weighted by atomic mass is 10.2. The van der Waals surface area contributed by atoms with Crippen molar-refractivity contribution in [3.8, 4) is 0 Å². The zero-order valence-corrected chi connectivity index (χ0v) is 13.6. The van der Waals surface area contributed by atoms with E-state index in [1.165, 1.54) is 0 Å². The Kier molecular flexibility index (Phi) is 4.93. The number of aromatic nitrogens is 1.